The molecular formula is C19H17N3O. The van der Waals surface area contributed by atoms with E-state index < -0.39 is 0 Å². The molecule has 4 heteroatoms. The Morgan fingerprint density at radius 1 is 0.957 bits per heavy atom. The normalized spacial score (nSPS) is 13.9. The molecule has 4 nitrogen and oxygen atoms in total. The standard InChI is InChI=1S/C19H17N3O/c23-19-17-13-20-22(16-9-5-2-6-10-16)18(17)11-12-21(19)14-15-7-3-1-4-8-15/h1-10,13H,11-12,14H2. The van der Waals surface area contributed by atoms with Gasteiger partial charge in [0.05, 0.1) is 23.1 Å². The van der Waals surface area contributed by atoms with Gasteiger partial charge in [0.25, 0.3) is 5.91 Å². The first kappa shape index (κ1) is 13.8. The van der Waals surface area contributed by atoms with E-state index in [1.54, 1.807) is 6.20 Å². The Kier molecular flexibility index (Phi) is 3.42. The van der Waals surface area contributed by atoms with Crippen LogP contribution in [0.5, 0.6) is 0 Å². The number of para-hydroxylation sites is 1. The number of carbonyl (C=O) groups excluding carboxylic acids is 1. The molecule has 1 aliphatic heterocycles. The zero-order valence-corrected chi connectivity index (χ0v) is 12.7. The maximum absolute atomic E-state index is 12.7. The van der Waals surface area contributed by atoms with Gasteiger partial charge < -0.3 is 4.90 Å². The molecule has 0 radical (unpaired) electrons. The third-order valence-electron chi connectivity index (χ3n) is 4.22. The van der Waals surface area contributed by atoms with Gasteiger partial charge in [0.2, 0.25) is 0 Å². The summed E-state index contributed by atoms with van der Waals surface area (Å²) in [5, 5.41) is 4.43. The van der Waals surface area contributed by atoms with Gasteiger partial charge in [0.15, 0.2) is 0 Å². The largest absolute Gasteiger partial charge is 0.334 e. The number of aromatic nitrogens is 2. The van der Waals surface area contributed by atoms with Crippen molar-refractivity contribution in [3.63, 3.8) is 0 Å². The van der Waals surface area contributed by atoms with Gasteiger partial charge in [-0.3, -0.25) is 4.79 Å². The number of fused-ring (bicyclic) bond motifs is 1. The highest BCUT2D eigenvalue weighted by molar-refractivity contribution is 5.96. The first-order chi connectivity index (χ1) is 11.3. The molecule has 0 unspecified atom stereocenters. The second-order valence-electron chi connectivity index (χ2n) is 5.71. The zero-order valence-electron chi connectivity index (χ0n) is 12.7. The van der Waals surface area contributed by atoms with Crippen molar-refractivity contribution in [3.05, 3.63) is 83.7 Å². The lowest BCUT2D eigenvalue weighted by atomic mass is 10.1. The Morgan fingerprint density at radius 3 is 2.39 bits per heavy atom. The smallest absolute Gasteiger partial charge is 0.257 e. The fourth-order valence-corrected chi connectivity index (χ4v) is 3.05. The van der Waals surface area contributed by atoms with Crippen LogP contribution in [-0.4, -0.2) is 27.1 Å². The van der Waals surface area contributed by atoms with Crippen molar-refractivity contribution in [2.24, 2.45) is 0 Å². The fourth-order valence-electron chi connectivity index (χ4n) is 3.05. The molecule has 3 aromatic rings. The minimum absolute atomic E-state index is 0.0669. The molecule has 114 valence electrons. The van der Waals surface area contributed by atoms with Crippen molar-refractivity contribution in [1.82, 2.24) is 14.7 Å². The van der Waals surface area contributed by atoms with Gasteiger partial charge in [0, 0.05) is 19.5 Å². The Balaban J connectivity index is 1.62. The predicted octanol–water partition coefficient (Wildman–Crippen LogP) is 3.07. The lowest BCUT2D eigenvalue weighted by Crippen LogP contribution is -2.37. The second-order valence-corrected chi connectivity index (χ2v) is 5.71. The molecule has 2 heterocycles. The van der Waals surface area contributed by atoms with Crippen molar-refractivity contribution >= 4 is 5.91 Å². The third kappa shape index (κ3) is 2.52. The van der Waals surface area contributed by atoms with E-state index in [4.69, 9.17) is 0 Å². The SMILES string of the molecule is O=C1c2cnn(-c3ccccc3)c2CCN1Cc1ccccc1. The van der Waals surface area contributed by atoms with Gasteiger partial charge in [-0.15, -0.1) is 0 Å². The topological polar surface area (TPSA) is 38.1 Å². The number of hydrogen-bond donors (Lipinski definition) is 0. The molecule has 0 saturated heterocycles. The van der Waals surface area contributed by atoms with Crippen LogP contribution in [0, 0.1) is 0 Å². The summed E-state index contributed by atoms with van der Waals surface area (Å²) in [6.45, 7) is 1.37. The van der Waals surface area contributed by atoms with Crippen LogP contribution in [0.15, 0.2) is 66.9 Å². The summed E-state index contributed by atoms with van der Waals surface area (Å²) >= 11 is 0. The average Bonchev–Trinajstić information content (AvgIpc) is 3.04. The molecule has 1 amide bonds. The summed E-state index contributed by atoms with van der Waals surface area (Å²) in [5.74, 6) is 0.0669. The van der Waals surface area contributed by atoms with Crippen molar-refractivity contribution < 1.29 is 4.79 Å². The Bertz CT molecular complexity index is 824. The minimum Gasteiger partial charge on any atom is -0.334 e. The summed E-state index contributed by atoms with van der Waals surface area (Å²) in [4.78, 5) is 14.6. The van der Waals surface area contributed by atoms with Gasteiger partial charge in [-0.2, -0.15) is 5.10 Å². The van der Waals surface area contributed by atoms with Crippen LogP contribution in [0.4, 0.5) is 0 Å². The van der Waals surface area contributed by atoms with E-state index in [9.17, 15) is 4.79 Å². The summed E-state index contributed by atoms with van der Waals surface area (Å²) in [6.07, 6.45) is 2.52. The molecule has 2 aromatic carbocycles. The van der Waals surface area contributed by atoms with E-state index >= 15 is 0 Å². The average molecular weight is 303 g/mol. The number of rotatable bonds is 3. The first-order valence-electron chi connectivity index (χ1n) is 7.78. The van der Waals surface area contributed by atoms with Crippen LogP contribution < -0.4 is 0 Å². The summed E-state index contributed by atoms with van der Waals surface area (Å²) in [5.41, 5.74) is 3.87. The molecule has 1 aliphatic rings. The van der Waals surface area contributed by atoms with Crippen LogP contribution in [0.2, 0.25) is 0 Å². The quantitative estimate of drug-likeness (QED) is 0.746. The van der Waals surface area contributed by atoms with Gasteiger partial charge in [0.1, 0.15) is 0 Å². The summed E-state index contributed by atoms with van der Waals surface area (Å²) in [6, 6.07) is 20.1. The molecule has 23 heavy (non-hydrogen) atoms. The first-order valence-corrected chi connectivity index (χ1v) is 7.78. The van der Waals surface area contributed by atoms with Crippen LogP contribution >= 0.6 is 0 Å². The Hall–Kier alpha value is -2.88. The highest BCUT2D eigenvalue weighted by Crippen LogP contribution is 2.23. The van der Waals surface area contributed by atoms with Crippen molar-refractivity contribution in [3.8, 4) is 5.69 Å². The molecule has 0 saturated carbocycles. The number of nitrogens with zero attached hydrogens (tertiary/aromatic N) is 3. The number of benzene rings is 2. The lowest BCUT2D eigenvalue weighted by molar-refractivity contribution is 0.0726. The molecular weight excluding hydrogens is 286 g/mol. The van der Waals surface area contributed by atoms with E-state index in [-0.39, 0.29) is 5.91 Å². The Morgan fingerprint density at radius 2 is 1.65 bits per heavy atom. The molecule has 0 aliphatic carbocycles. The van der Waals surface area contributed by atoms with Crippen molar-refractivity contribution in [1.29, 1.82) is 0 Å². The predicted molar refractivity (Wildman–Crippen MR) is 88.5 cm³/mol. The van der Waals surface area contributed by atoms with Crippen LogP contribution in [0.3, 0.4) is 0 Å². The van der Waals surface area contributed by atoms with E-state index in [0.717, 1.165) is 35.5 Å². The van der Waals surface area contributed by atoms with Gasteiger partial charge in [-0.05, 0) is 17.7 Å². The van der Waals surface area contributed by atoms with E-state index in [0.29, 0.717) is 6.54 Å². The third-order valence-corrected chi connectivity index (χ3v) is 4.22. The van der Waals surface area contributed by atoms with E-state index in [2.05, 4.69) is 17.2 Å². The Labute approximate surface area is 135 Å². The molecule has 0 fully saturated rings. The van der Waals surface area contributed by atoms with Crippen LogP contribution in [-0.2, 0) is 13.0 Å². The van der Waals surface area contributed by atoms with Gasteiger partial charge >= 0.3 is 0 Å². The van der Waals surface area contributed by atoms with E-state index in [1.165, 1.54) is 0 Å². The fraction of sp³-hybridized carbons (Fsp3) is 0.158. The van der Waals surface area contributed by atoms with Crippen LogP contribution in [0.25, 0.3) is 5.69 Å². The molecule has 0 spiro atoms. The second kappa shape index (κ2) is 5.72. The maximum atomic E-state index is 12.7. The maximum Gasteiger partial charge on any atom is 0.257 e. The lowest BCUT2D eigenvalue weighted by Gasteiger charge is -2.27. The number of carbonyl (C=O) groups is 1. The molecule has 1 aromatic heterocycles. The number of amides is 1. The highest BCUT2D eigenvalue weighted by Gasteiger charge is 2.28. The van der Waals surface area contributed by atoms with Crippen molar-refractivity contribution in [2.75, 3.05) is 6.54 Å². The van der Waals surface area contributed by atoms with Gasteiger partial charge in [-0.25, -0.2) is 4.68 Å². The zero-order chi connectivity index (χ0) is 15.6. The number of hydrogen-bond acceptors (Lipinski definition) is 2. The molecule has 0 atom stereocenters. The molecule has 0 N–H and O–H groups in total. The molecule has 4 rings (SSSR count). The van der Waals surface area contributed by atoms with Gasteiger partial charge in [-0.1, -0.05) is 48.5 Å². The summed E-state index contributed by atoms with van der Waals surface area (Å²) < 4.78 is 1.88. The van der Waals surface area contributed by atoms with Crippen molar-refractivity contribution in [2.45, 2.75) is 13.0 Å². The van der Waals surface area contributed by atoms with Crippen LogP contribution in [0.1, 0.15) is 21.6 Å². The van der Waals surface area contributed by atoms with E-state index in [1.807, 2.05) is 58.1 Å². The molecule has 0 bridgehead atoms. The highest BCUT2D eigenvalue weighted by atomic mass is 16.2. The monoisotopic (exact) mass is 303 g/mol. The summed E-state index contributed by atoms with van der Waals surface area (Å²) in [7, 11) is 0. The minimum atomic E-state index is 0.0669.